The Morgan fingerprint density at radius 3 is 2.25 bits per heavy atom. The van der Waals surface area contributed by atoms with Crippen LogP contribution in [0.4, 0.5) is 0 Å². The maximum absolute atomic E-state index is 8.25. The van der Waals surface area contributed by atoms with Crippen LogP contribution in [0, 0.1) is 0 Å². The molecule has 0 amide bonds. The first-order chi connectivity index (χ1) is 3.66. The third-order valence-electron chi connectivity index (χ3n) is 0.849. The Balaban J connectivity index is 3.10. The Morgan fingerprint density at radius 1 is 1.62 bits per heavy atom. The van der Waals surface area contributed by atoms with Gasteiger partial charge in [0.25, 0.3) is 0 Å². The molecule has 2 N–H and O–H groups in total. The maximum atomic E-state index is 8.25. The van der Waals surface area contributed by atoms with Crippen LogP contribution in [0.2, 0.25) is 0 Å². The maximum Gasteiger partial charge on any atom is 0.327 e. The molecular weight excluding hydrogens is 127 g/mol. The van der Waals surface area contributed by atoms with Gasteiger partial charge in [-0.3, -0.25) is 0 Å². The van der Waals surface area contributed by atoms with E-state index in [0.717, 1.165) is 6.42 Å². The molecule has 0 aromatic carbocycles. The summed E-state index contributed by atoms with van der Waals surface area (Å²) in [4.78, 5) is 16.5. The van der Waals surface area contributed by atoms with Gasteiger partial charge in [-0.05, 0) is 13.3 Å². The van der Waals surface area contributed by atoms with Crippen LogP contribution in [0.25, 0.3) is 0 Å². The molecule has 0 saturated carbocycles. The van der Waals surface area contributed by atoms with Crippen molar-refractivity contribution in [3.05, 3.63) is 0 Å². The minimum Gasteiger partial charge on any atom is -0.328 e. The third kappa shape index (κ3) is 4.47. The molecule has 0 aliphatic carbocycles. The lowest BCUT2D eigenvalue weighted by Gasteiger charge is -2.08. The lowest BCUT2D eigenvalue weighted by Crippen LogP contribution is -2.00. The highest BCUT2D eigenvalue weighted by Crippen LogP contribution is 2.27. The van der Waals surface area contributed by atoms with Crippen molar-refractivity contribution in [3.8, 4) is 0 Å². The average molecular weight is 138 g/mol. The topological polar surface area (TPSA) is 49.7 Å². The molecular formula is C4H11O3P. The van der Waals surface area contributed by atoms with Crippen LogP contribution in [0.1, 0.15) is 20.3 Å². The first kappa shape index (κ1) is 8.31. The molecule has 0 heterocycles. The van der Waals surface area contributed by atoms with Crippen LogP contribution in [0.3, 0.4) is 0 Å². The molecule has 0 rings (SSSR count). The Labute approximate surface area is 50.3 Å². The molecule has 1 unspecified atom stereocenters. The summed E-state index contributed by atoms with van der Waals surface area (Å²) in [5.74, 6) is 0. The van der Waals surface area contributed by atoms with Gasteiger partial charge in [-0.15, -0.1) is 0 Å². The van der Waals surface area contributed by atoms with Crippen molar-refractivity contribution in [2.24, 2.45) is 0 Å². The summed E-state index contributed by atoms with van der Waals surface area (Å²) in [6.45, 7) is 3.71. The highest BCUT2D eigenvalue weighted by molar-refractivity contribution is 7.39. The van der Waals surface area contributed by atoms with Crippen LogP contribution in [-0.4, -0.2) is 15.9 Å². The Kier molecular flexibility index (Phi) is 4.38. The van der Waals surface area contributed by atoms with E-state index < -0.39 is 8.60 Å². The Morgan fingerprint density at radius 2 is 2.12 bits per heavy atom. The lowest BCUT2D eigenvalue weighted by molar-refractivity contribution is 0.182. The van der Waals surface area contributed by atoms with Crippen molar-refractivity contribution in [3.63, 3.8) is 0 Å². The second-order valence-electron chi connectivity index (χ2n) is 1.58. The van der Waals surface area contributed by atoms with Gasteiger partial charge in [0.2, 0.25) is 0 Å². The summed E-state index contributed by atoms with van der Waals surface area (Å²) >= 11 is 0. The minimum atomic E-state index is -2.15. The predicted molar refractivity (Wildman–Crippen MR) is 32.2 cm³/mol. The van der Waals surface area contributed by atoms with Crippen molar-refractivity contribution in [2.45, 2.75) is 26.4 Å². The molecule has 8 heavy (non-hydrogen) atoms. The average Bonchev–Trinajstić information content (AvgIpc) is 1.65. The normalized spacial score (nSPS) is 14.6. The van der Waals surface area contributed by atoms with Crippen LogP contribution >= 0.6 is 8.60 Å². The zero-order valence-corrected chi connectivity index (χ0v) is 5.93. The predicted octanol–water partition coefficient (Wildman–Crippen LogP) is 1.01. The van der Waals surface area contributed by atoms with Crippen molar-refractivity contribution in [2.75, 3.05) is 0 Å². The van der Waals surface area contributed by atoms with E-state index in [-0.39, 0.29) is 6.10 Å². The highest BCUT2D eigenvalue weighted by atomic mass is 31.2. The molecule has 3 nitrogen and oxygen atoms in total. The van der Waals surface area contributed by atoms with Gasteiger partial charge in [0.1, 0.15) is 0 Å². The molecule has 0 fully saturated rings. The lowest BCUT2D eigenvalue weighted by atomic mass is 10.3. The second kappa shape index (κ2) is 4.21. The van der Waals surface area contributed by atoms with Gasteiger partial charge < -0.3 is 14.3 Å². The minimum absolute atomic E-state index is 0.0453. The van der Waals surface area contributed by atoms with Gasteiger partial charge in [-0.1, -0.05) is 6.92 Å². The first-order valence-corrected chi connectivity index (χ1v) is 3.68. The molecule has 0 spiro atoms. The molecule has 0 saturated heterocycles. The molecule has 0 bridgehead atoms. The standard InChI is InChI=1S/C4H11O3P/c1-3-4(2)7-8(5)6/h4-6H,3H2,1-2H3. The van der Waals surface area contributed by atoms with Crippen molar-refractivity contribution in [1.29, 1.82) is 0 Å². The Bertz CT molecular complexity index is 57.2. The molecule has 0 aliphatic rings. The zero-order valence-electron chi connectivity index (χ0n) is 5.03. The molecule has 1 atom stereocenters. The van der Waals surface area contributed by atoms with Crippen LogP contribution < -0.4 is 0 Å². The van der Waals surface area contributed by atoms with E-state index in [0.29, 0.717) is 0 Å². The summed E-state index contributed by atoms with van der Waals surface area (Å²) in [6.07, 6.45) is 0.760. The van der Waals surface area contributed by atoms with E-state index in [2.05, 4.69) is 4.52 Å². The summed E-state index contributed by atoms with van der Waals surface area (Å²) in [6, 6.07) is 0. The van der Waals surface area contributed by atoms with Gasteiger partial charge >= 0.3 is 8.60 Å². The molecule has 0 radical (unpaired) electrons. The fourth-order valence-electron chi connectivity index (χ4n) is 0.235. The van der Waals surface area contributed by atoms with E-state index in [1.165, 1.54) is 0 Å². The van der Waals surface area contributed by atoms with Gasteiger partial charge in [0, 0.05) is 0 Å². The molecule has 0 aliphatic heterocycles. The van der Waals surface area contributed by atoms with Crippen molar-refractivity contribution >= 4 is 8.60 Å². The van der Waals surface area contributed by atoms with E-state index in [1.54, 1.807) is 6.92 Å². The quantitative estimate of drug-likeness (QED) is 0.572. The van der Waals surface area contributed by atoms with Crippen LogP contribution in [-0.2, 0) is 4.52 Å². The van der Waals surface area contributed by atoms with Gasteiger partial charge in [0.15, 0.2) is 0 Å². The molecule has 0 aromatic heterocycles. The molecule has 50 valence electrons. The van der Waals surface area contributed by atoms with Crippen LogP contribution in [0.15, 0.2) is 0 Å². The number of hydrogen-bond acceptors (Lipinski definition) is 3. The van der Waals surface area contributed by atoms with Crippen molar-refractivity contribution < 1.29 is 14.3 Å². The molecule has 4 heteroatoms. The van der Waals surface area contributed by atoms with E-state index >= 15 is 0 Å². The smallest absolute Gasteiger partial charge is 0.327 e. The number of hydrogen-bond donors (Lipinski definition) is 2. The largest absolute Gasteiger partial charge is 0.328 e. The highest BCUT2D eigenvalue weighted by Gasteiger charge is 2.03. The monoisotopic (exact) mass is 138 g/mol. The van der Waals surface area contributed by atoms with E-state index in [9.17, 15) is 0 Å². The second-order valence-corrected chi connectivity index (χ2v) is 2.29. The van der Waals surface area contributed by atoms with Crippen molar-refractivity contribution in [1.82, 2.24) is 0 Å². The van der Waals surface area contributed by atoms with Crippen LogP contribution in [0.5, 0.6) is 0 Å². The van der Waals surface area contributed by atoms with Gasteiger partial charge in [-0.25, -0.2) is 0 Å². The van der Waals surface area contributed by atoms with Gasteiger partial charge in [0.05, 0.1) is 6.10 Å². The summed E-state index contributed by atoms with van der Waals surface area (Å²) in [7, 11) is -2.15. The van der Waals surface area contributed by atoms with Gasteiger partial charge in [-0.2, -0.15) is 0 Å². The van der Waals surface area contributed by atoms with E-state index in [1.807, 2.05) is 6.92 Å². The Hall–Kier alpha value is 0.310. The SMILES string of the molecule is CCC(C)OP(O)O. The fourth-order valence-corrected chi connectivity index (χ4v) is 0.706. The number of rotatable bonds is 3. The third-order valence-corrected chi connectivity index (χ3v) is 1.40. The zero-order chi connectivity index (χ0) is 6.57. The summed E-state index contributed by atoms with van der Waals surface area (Å²) < 4.78 is 4.58. The first-order valence-electron chi connectivity index (χ1n) is 2.51. The summed E-state index contributed by atoms with van der Waals surface area (Å²) in [5, 5.41) is 0. The van der Waals surface area contributed by atoms with E-state index in [4.69, 9.17) is 9.79 Å². The summed E-state index contributed by atoms with van der Waals surface area (Å²) in [5.41, 5.74) is 0. The molecule has 0 aromatic rings. The fraction of sp³-hybridized carbons (Fsp3) is 1.00.